The number of amides is 1. The molecule has 0 radical (unpaired) electrons. The summed E-state index contributed by atoms with van der Waals surface area (Å²) in [4.78, 5) is 21.5. The average Bonchev–Trinajstić information content (AvgIpc) is 1.99. The van der Waals surface area contributed by atoms with E-state index < -0.39 is 17.3 Å². The summed E-state index contributed by atoms with van der Waals surface area (Å²) in [5.41, 5.74) is 3.60. The van der Waals surface area contributed by atoms with Crippen molar-refractivity contribution in [1.29, 1.82) is 0 Å². The van der Waals surface area contributed by atoms with Gasteiger partial charge in [0.2, 0.25) is 5.91 Å². The van der Waals surface area contributed by atoms with E-state index in [1.807, 2.05) is 6.92 Å². The molecule has 0 aliphatic rings. The Morgan fingerprint density at radius 1 is 1.50 bits per heavy atom. The maximum Gasteiger partial charge on any atom is 0.318 e. The second-order valence-corrected chi connectivity index (χ2v) is 3.11. The largest absolute Gasteiger partial charge is 0.480 e. The van der Waals surface area contributed by atoms with E-state index in [-0.39, 0.29) is 0 Å². The summed E-state index contributed by atoms with van der Waals surface area (Å²) in [5, 5.41) is 8.73. The van der Waals surface area contributed by atoms with Crippen LogP contribution >= 0.6 is 0 Å². The first-order valence-electron chi connectivity index (χ1n) is 3.98. The van der Waals surface area contributed by atoms with Crippen LogP contribution < -0.4 is 5.73 Å². The number of primary amides is 1. The second-order valence-electron chi connectivity index (χ2n) is 3.11. The van der Waals surface area contributed by atoms with Crippen LogP contribution in [0.4, 0.5) is 0 Å². The van der Waals surface area contributed by atoms with E-state index in [1.165, 1.54) is 6.92 Å². The summed E-state index contributed by atoms with van der Waals surface area (Å²) in [6, 6.07) is 0. The normalized spacial score (nSPS) is 15.2. The molecule has 0 aliphatic heterocycles. The van der Waals surface area contributed by atoms with Gasteiger partial charge in [-0.2, -0.15) is 0 Å². The van der Waals surface area contributed by atoms with Gasteiger partial charge in [0.15, 0.2) is 0 Å². The van der Waals surface area contributed by atoms with Crippen LogP contribution in [0, 0.1) is 5.41 Å². The SMILES string of the molecule is CCCCC(C)(C(N)=O)C(=O)O. The van der Waals surface area contributed by atoms with Crippen LogP contribution in [-0.2, 0) is 9.59 Å². The van der Waals surface area contributed by atoms with E-state index in [4.69, 9.17) is 10.8 Å². The van der Waals surface area contributed by atoms with Crippen LogP contribution in [0.5, 0.6) is 0 Å². The molecule has 1 amide bonds. The van der Waals surface area contributed by atoms with Crippen LogP contribution in [0.2, 0.25) is 0 Å². The first-order chi connectivity index (χ1) is 5.45. The molecule has 0 aliphatic carbocycles. The highest BCUT2D eigenvalue weighted by Gasteiger charge is 2.38. The lowest BCUT2D eigenvalue weighted by Gasteiger charge is -2.19. The topological polar surface area (TPSA) is 80.4 Å². The minimum absolute atomic E-state index is 0.314. The van der Waals surface area contributed by atoms with E-state index in [2.05, 4.69) is 0 Å². The molecule has 1 atom stereocenters. The lowest BCUT2D eigenvalue weighted by Crippen LogP contribution is -2.41. The number of carboxylic acids is 1. The standard InChI is InChI=1S/C8H15NO3/c1-3-4-5-8(2,6(9)10)7(11)12/h3-5H2,1-2H3,(H2,9,10)(H,11,12). The van der Waals surface area contributed by atoms with Crippen molar-refractivity contribution < 1.29 is 14.7 Å². The molecule has 12 heavy (non-hydrogen) atoms. The molecule has 0 saturated carbocycles. The molecule has 4 nitrogen and oxygen atoms in total. The first kappa shape index (κ1) is 10.9. The van der Waals surface area contributed by atoms with Crippen LogP contribution in [0.1, 0.15) is 33.1 Å². The Morgan fingerprint density at radius 3 is 2.25 bits per heavy atom. The number of hydrogen-bond acceptors (Lipinski definition) is 2. The quantitative estimate of drug-likeness (QED) is 0.602. The maximum atomic E-state index is 10.8. The molecule has 0 rings (SSSR count). The van der Waals surface area contributed by atoms with Crippen molar-refractivity contribution in [2.45, 2.75) is 33.1 Å². The Hall–Kier alpha value is -1.06. The summed E-state index contributed by atoms with van der Waals surface area (Å²) in [6.45, 7) is 3.30. The Bertz CT molecular complexity index is 175. The maximum absolute atomic E-state index is 10.8. The lowest BCUT2D eigenvalue weighted by atomic mass is 9.84. The summed E-state index contributed by atoms with van der Waals surface area (Å²) >= 11 is 0. The number of carbonyl (C=O) groups is 2. The summed E-state index contributed by atoms with van der Waals surface area (Å²) < 4.78 is 0. The van der Waals surface area contributed by atoms with Gasteiger partial charge in [0.05, 0.1) is 0 Å². The predicted molar refractivity (Wildman–Crippen MR) is 44.5 cm³/mol. The number of carbonyl (C=O) groups excluding carboxylic acids is 1. The molecule has 70 valence electrons. The fraction of sp³-hybridized carbons (Fsp3) is 0.750. The van der Waals surface area contributed by atoms with Gasteiger partial charge in [-0.25, -0.2) is 0 Å². The van der Waals surface area contributed by atoms with Gasteiger partial charge in [-0.05, 0) is 13.3 Å². The molecule has 0 saturated heterocycles. The molecule has 0 heterocycles. The number of hydrogen-bond donors (Lipinski definition) is 2. The van der Waals surface area contributed by atoms with Crippen molar-refractivity contribution in [2.75, 3.05) is 0 Å². The zero-order valence-electron chi connectivity index (χ0n) is 7.46. The second kappa shape index (κ2) is 4.09. The third-order valence-corrected chi connectivity index (χ3v) is 2.05. The molecule has 0 aromatic rings. The molecule has 0 bridgehead atoms. The number of aliphatic carboxylic acids is 1. The van der Waals surface area contributed by atoms with Crippen molar-refractivity contribution in [2.24, 2.45) is 11.1 Å². The molecule has 4 heteroatoms. The minimum Gasteiger partial charge on any atom is -0.480 e. The van der Waals surface area contributed by atoms with Crippen molar-refractivity contribution in [3.8, 4) is 0 Å². The fourth-order valence-corrected chi connectivity index (χ4v) is 0.866. The molecule has 0 fully saturated rings. The number of nitrogens with two attached hydrogens (primary N) is 1. The van der Waals surface area contributed by atoms with Crippen molar-refractivity contribution >= 4 is 11.9 Å². The third kappa shape index (κ3) is 2.22. The highest BCUT2D eigenvalue weighted by molar-refractivity contribution is 6.00. The first-order valence-corrected chi connectivity index (χ1v) is 3.98. The van der Waals surface area contributed by atoms with E-state index in [1.54, 1.807) is 0 Å². The Labute approximate surface area is 71.8 Å². The highest BCUT2D eigenvalue weighted by atomic mass is 16.4. The smallest absolute Gasteiger partial charge is 0.318 e. The van der Waals surface area contributed by atoms with Crippen molar-refractivity contribution in [1.82, 2.24) is 0 Å². The number of unbranched alkanes of at least 4 members (excludes halogenated alkanes) is 1. The Balaban J connectivity index is 4.40. The highest BCUT2D eigenvalue weighted by Crippen LogP contribution is 2.23. The monoisotopic (exact) mass is 173 g/mol. The van der Waals surface area contributed by atoms with Gasteiger partial charge in [0.1, 0.15) is 5.41 Å². The van der Waals surface area contributed by atoms with Gasteiger partial charge in [0.25, 0.3) is 0 Å². The molecule has 3 N–H and O–H groups in total. The summed E-state index contributed by atoms with van der Waals surface area (Å²) in [6.07, 6.45) is 1.87. The van der Waals surface area contributed by atoms with Gasteiger partial charge in [-0.15, -0.1) is 0 Å². The van der Waals surface area contributed by atoms with Crippen molar-refractivity contribution in [3.63, 3.8) is 0 Å². The molecular formula is C8H15NO3. The number of rotatable bonds is 5. The molecule has 1 unspecified atom stereocenters. The molecule has 0 aromatic carbocycles. The lowest BCUT2D eigenvalue weighted by molar-refractivity contribution is -0.154. The summed E-state index contributed by atoms with van der Waals surface area (Å²) in [7, 11) is 0. The average molecular weight is 173 g/mol. The van der Waals surface area contributed by atoms with Crippen LogP contribution in [-0.4, -0.2) is 17.0 Å². The van der Waals surface area contributed by atoms with Gasteiger partial charge >= 0.3 is 5.97 Å². The Kier molecular flexibility index (Phi) is 3.73. The molecule has 0 spiro atoms. The van der Waals surface area contributed by atoms with Gasteiger partial charge in [-0.1, -0.05) is 19.8 Å². The van der Waals surface area contributed by atoms with Crippen LogP contribution in [0.25, 0.3) is 0 Å². The zero-order valence-corrected chi connectivity index (χ0v) is 7.46. The molecular weight excluding hydrogens is 158 g/mol. The summed E-state index contributed by atoms with van der Waals surface area (Å²) in [5.74, 6) is -1.90. The molecule has 0 aromatic heterocycles. The zero-order chi connectivity index (χ0) is 9.78. The predicted octanol–water partition coefficient (Wildman–Crippen LogP) is 0.753. The number of carboxylic acid groups (broad SMARTS) is 1. The minimum atomic E-state index is -1.39. The van der Waals surface area contributed by atoms with E-state index in [9.17, 15) is 9.59 Å². The van der Waals surface area contributed by atoms with Crippen LogP contribution in [0.15, 0.2) is 0 Å². The van der Waals surface area contributed by atoms with E-state index in [0.29, 0.717) is 12.8 Å². The Morgan fingerprint density at radius 2 is 2.00 bits per heavy atom. The third-order valence-electron chi connectivity index (χ3n) is 2.05. The van der Waals surface area contributed by atoms with Gasteiger partial charge < -0.3 is 10.8 Å². The van der Waals surface area contributed by atoms with E-state index >= 15 is 0 Å². The van der Waals surface area contributed by atoms with Crippen molar-refractivity contribution in [3.05, 3.63) is 0 Å². The van der Waals surface area contributed by atoms with E-state index in [0.717, 1.165) is 6.42 Å². The van der Waals surface area contributed by atoms with Gasteiger partial charge in [0, 0.05) is 0 Å². The fourth-order valence-electron chi connectivity index (χ4n) is 0.866. The van der Waals surface area contributed by atoms with Gasteiger partial charge in [-0.3, -0.25) is 9.59 Å². The van der Waals surface area contributed by atoms with Crippen LogP contribution in [0.3, 0.4) is 0 Å².